The van der Waals surface area contributed by atoms with E-state index in [1.807, 2.05) is 0 Å². The first kappa shape index (κ1) is 19.9. The van der Waals surface area contributed by atoms with Crippen molar-refractivity contribution in [3.8, 4) is 0 Å². The second kappa shape index (κ2) is 9.91. The molecular weight excluding hydrogens is 350 g/mol. The van der Waals surface area contributed by atoms with Gasteiger partial charge in [0.05, 0.1) is 4.92 Å². The lowest BCUT2D eigenvalue weighted by Crippen LogP contribution is -2.13. The van der Waals surface area contributed by atoms with E-state index >= 15 is 0 Å². The van der Waals surface area contributed by atoms with Gasteiger partial charge in [0.25, 0.3) is 5.69 Å². The number of non-ortho nitro benzene ring substituents is 1. The number of nitrogens with one attached hydrogen (secondary N) is 2. The molecule has 0 aromatic heterocycles. The smallest absolute Gasteiger partial charge is 0.303 e. The summed E-state index contributed by atoms with van der Waals surface area (Å²) in [5, 5.41) is 25.2. The minimum absolute atomic E-state index is 0.0360. The number of nitro groups is 1. The molecule has 2 rings (SSSR count). The molecule has 142 valence electrons. The third-order valence-electron chi connectivity index (χ3n) is 3.85. The first-order valence-corrected chi connectivity index (χ1v) is 8.53. The fourth-order valence-corrected chi connectivity index (χ4v) is 2.41. The van der Waals surface area contributed by atoms with E-state index in [2.05, 4.69) is 10.6 Å². The van der Waals surface area contributed by atoms with Crippen LogP contribution in [0.25, 0.3) is 0 Å². The number of nitro benzene ring substituents is 1. The highest BCUT2D eigenvalue weighted by atomic mass is 16.6. The van der Waals surface area contributed by atoms with Gasteiger partial charge in [-0.15, -0.1) is 0 Å². The first-order chi connectivity index (χ1) is 12.9. The van der Waals surface area contributed by atoms with Crippen LogP contribution < -0.4 is 10.6 Å². The van der Waals surface area contributed by atoms with Crippen LogP contribution in [0.5, 0.6) is 0 Å². The number of aliphatic carboxylic acids is 1. The van der Waals surface area contributed by atoms with Gasteiger partial charge in [0, 0.05) is 42.9 Å². The Labute approximate surface area is 156 Å². The Morgan fingerprint density at radius 3 is 2.19 bits per heavy atom. The molecule has 0 aliphatic carbocycles. The van der Waals surface area contributed by atoms with Crippen molar-refractivity contribution in [2.45, 2.75) is 25.7 Å². The maximum absolute atomic E-state index is 12.0. The second-order valence-corrected chi connectivity index (χ2v) is 5.97. The van der Waals surface area contributed by atoms with Crippen LogP contribution in [0.3, 0.4) is 0 Å². The van der Waals surface area contributed by atoms with E-state index in [4.69, 9.17) is 5.11 Å². The van der Waals surface area contributed by atoms with E-state index < -0.39 is 10.9 Å². The van der Waals surface area contributed by atoms with Crippen molar-refractivity contribution in [2.24, 2.45) is 0 Å². The van der Waals surface area contributed by atoms with E-state index in [1.165, 1.54) is 12.1 Å². The van der Waals surface area contributed by atoms with E-state index in [-0.39, 0.29) is 18.0 Å². The number of carboxylic acids is 1. The van der Waals surface area contributed by atoms with Gasteiger partial charge in [-0.1, -0.05) is 12.1 Å². The van der Waals surface area contributed by atoms with Crippen LogP contribution in [0.1, 0.15) is 24.8 Å². The van der Waals surface area contributed by atoms with Gasteiger partial charge >= 0.3 is 5.97 Å². The topological polar surface area (TPSA) is 122 Å². The molecule has 0 aliphatic rings. The molecule has 27 heavy (non-hydrogen) atoms. The summed E-state index contributed by atoms with van der Waals surface area (Å²) in [5.74, 6) is -0.950. The van der Waals surface area contributed by atoms with Crippen LogP contribution in [0.15, 0.2) is 48.5 Å². The Balaban J connectivity index is 1.68. The molecule has 0 saturated heterocycles. The lowest BCUT2D eigenvalue weighted by Gasteiger charge is -2.08. The lowest BCUT2D eigenvalue weighted by molar-refractivity contribution is -0.384. The SMILES string of the molecule is O=C(O)CCc1ccc(NC(=O)CCCNc2ccc([N+](=O)[O-])cc2)cc1. The summed E-state index contributed by atoms with van der Waals surface area (Å²) in [6.07, 6.45) is 1.48. The van der Waals surface area contributed by atoms with Crippen molar-refractivity contribution in [2.75, 3.05) is 17.2 Å². The standard InChI is InChI=1S/C19H21N3O5/c23-18(21-16-6-3-14(4-7-16)5-12-19(24)25)2-1-13-20-15-8-10-17(11-9-15)22(26)27/h3-4,6-11,20H,1-2,5,12-13H2,(H,21,23)(H,24,25). The zero-order chi connectivity index (χ0) is 19.6. The van der Waals surface area contributed by atoms with Gasteiger partial charge in [-0.05, 0) is 42.7 Å². The predicted octanol–water partition coefficient (Wildman–Crippen LogP) is 3.44. The van der Waals surface area contributed by atoms with Gasteiger partial charge in [-0.2, -0.15) is 0 Å². The molecule has 0 saturated carbocycles. The molecule has 0 atom stereocenters. The molecule has 0 unspecified atom stereocenters. The normalized spacial score (nSPS) is 10.2. The summed E-state index contributed by atoms with van der Waals surface area (Å²) >= 11 is 0. The third kappa shape index (κ3) is 7.15. The molecule has 0 heterocycles. The van der Waals surface area contributed by atoms with Crippen molar-refractivity contribution in [3.05, 3.63) is 64.2 Å². The Morgan fingerprint density at radius 2 is 1.59 bits per heavy atom. The number of aryl methyl sites for hydroxylation is 1. The number of carbonyl (C=O) groups is 2. The Kier molecular flexibility index (Phi) is 7.30. The largest absolute Gasteiger partial charge is 0.481 e. The molecule has 8 nitrogen and oxygen atoms in total. The number of carbonyl (C=O) groups excluding carboxylic acids is 1. The van der Waals surface area contributed by atoms with Crippen molar-refractivity contribution < 1.29 is 19.6 Å². The van der Waals surface area contributed by atoms with Crippen molar-refractivity contribution >= 4 is 28.9 Å². The van der Waals surface area contributed by atoms with Crippen LogP contribution in [-0.2, 0) is 16.0 Å². The number of rotatable bonds is 10. The molecule has 0 aliphatic heterocycles. The second-order valence-electron chi connectivity index (χ2n) is 5.97. The predicted molar refractivity (Wildman–Crippen MR) is 102 cm³/mol. The first-order valence-electron chi connectivity index (χ1n) is 8.53. The minimum Gasteiger partial charge on any atom is -0.481 e. The lowest BCUT2D eigenvalue weighted by atomic mass is 10.1. The Bertz CT molecular complexity index is 788. The van der Waals surface area contributed by atoms with E-state index in [1.54, 1.807) is 36.4 Å². The number of amides is 1. The molecule has 2 aromatic rings. The molecule has 0 spiro atoms. The Hall–Kier alpha value is -3.42. The van der Waals surface area contributed by atoms with Crippen LogP contribution in [0, 0.1) is 10.1 Å². The number of anilines is 2. The number of carboxylic acid groups (broad SMARTS) is 1. The third-order valence-corrected chi connectivity index (χ3v) is 3.85. The monoisotopic (exact) mass is 371 g/mol. The molecule has 0 radical (unpaired) electrons. The summed E-state index contributed by atoms with van der Waals surface area (Å²) in [5.41, 5.74) is 2.37. The zero-order valence-corrected chi connectivity index (χ0v) is 14.7. The molecule has 2 aromatic carbocycles. The molecular formula is C19H21N3O5. The summed E-state index contributed by atoms with van der Waals surface area (Å²) in [4.78, 5) is 32.6. The highest BCUT2D eigenvalue weighted by Gasteiger charge is 2.05. The molecule has 0 bridgehead atoms. The van der Waals surface area contributed by atoms with E-state index in [9.17, 15) is 19.7 Å². The molecule has 8 heteroatoms. The summed E-state index contributed by atoms with van der Waals surface area (Å²) in [7, 11) is 0. The fraction of sp³-hybridized carbons (Fsp3) is 0.263. The molecule has 0 fully saturated rings. The van der Waals surface area contributed by atoms with E-state index in [0.717, 1.165) is 11.3 Å². The summed E-state index contributed by atoms with van der Waals surface area (Å²) < 4.78 is 0. The maximum atomic E-state index is 12.0. The minimum atomic E-state index is -0.838. The van der Waals surface area contributed by atoms with Crippen molar-refractivity contribution in [3.63, 3.8) is 0 Å². The summed E-state index contributed by atoms with van der Waals surface area (Å²) in [6.45, 7) is 0.569. The number of benzene rings is 2. The van der Waals surface area contributed by atoms with Crippen molar-refractivity contribution in [1.29, 1.82) is 0 Å². The maximum Gasteiger partial charge on any atom is 0.303 e. The average molecular weight is 371 g/mol. The van der Waals surface area contributed by atoms with Crippen LogP contribution >= 0.6 is 0 Å². The highest BCUT2D eigenvalue weighted by molar-refractivity contribution is 5.90. The number of hydrogen-bond donors (Lipinski definition) is 3. The zero-order valence-electron chi connectivity index (χ0n) is 14.7. The quantitative estimate of drug-likeness (QED) is 0.334. The summed E-state index contributed by atoms with van der Waals surface area (Å²) in [6, 6.07) is 13.2. The van der Waals surface area contributed by atoms with Crippen LogP contribution in [0.4, 0.5) is 17.1 Å². The number of nitrogens with zero attached hydrogens (tertiary/aromatic N) is 1. The van der Waals surface area contributed by atoms with Gasteiger partial charge < -0.3 is 15.7 Å². The van der Waals surface area contributed by atoms with Crippen molar-refractivity contribution in [1.82, 2.24) is 0 Å². The van der Waals surface area contributed by atoms with Gasteiger partial charge in [0.2, 0.25) is 5.91 Å². The van der Waals surface area contributed by atoms with Crippen LogP contribution in [0.2, 0.25) is 0 Å². The van der Waals surface area contributed by atoms with Gasteiger partial charge in [0.15, 0.2) is 0 Å². The fourth-order valence-electron chi connectivity index (χ4n) is 2.41. The van der Waals surface area contributed by atoms with Gasteiger partial charge in [-0.3, -0.25) is 19.7 Å². The molecule has 1 amide bonds. The van der Waals surface area contributed by atoms with Gasteiger partial charge in [0.1, 0.15) is 0 Å². The van der Waals surface area contributed by atoms with E-state index in [0.29, 0.717) is 31.5 Å². The average Bonchev–Trinajstić information content (AvgIpc) is 2.65. The van der Waals surface area contributed by atoms with Crippen LogP contribution in [-0.4, -0.2) is 28.5 Å². The molecule has 3 N–H and O–H groups in total. The highest BCUT2D eigenvalue weighted by Crippen LogP contribution is 2.15. The Morgan fingerprint density at radius 1 is 0.963 bits per heavy atom. The number of hydrogen-bond acceptors (Lipinski definition) is 5. The van der Waals surface area contributed by atoms with Gasteiger partial charge in [-0.25, -0.2) is 0 Å².